The Labute approximate surface area is 91.3 Å². The molecule has 1 aliphatic rings. The van der Waals surface area contributed by atoms with E-state index in [-0.39, 0.29) is 0 Å². The fraction of sp³-hybridized carbons (Fsp3) is 0.727. The third-order valence-electron chi connectivity index (χ3n) is 2.94. The number of rotatable bonds is 3. The third kappa shape index (κ3) is 1.68. The topological polar surface area (TPSA) is 33.1 Å². The summed E-state index contributed by atoms with van der Waals surface area (Å²) in [6, 6.07) is 0. The number of fused-ring (bicyclic) bond motifs is 1. The first-order chi connectivity index (χ1) is 7.27. The Morgan fingerprint density at radius 2 is 2.20 bits per heavy atom. The highest BCUT2D eigenvalue weighted by molar-refractivity contribution is 5.71. The molecule has 0 aliphatic carbocycles. The van der Waals surface area contributed by atoms with Crippen LogP contribution >= 0.6 is 0 Å². The number of hydrogen-bond acceptors (Lipinski definition) is 3. The van der Waals surface area contributed by atoms with E-state index in [1.165, 1.54) is 17.2 Å². The van der Waals surface area contributed by atoms with Gasteiger partial charge in [-0.3, -0.25) is 4.68 Å². The van der Waals surface area contributed by atoms with Crippen LogP contribution in [0.4, 0.5) is 11.5 Å². The van der Waals surface area contributed by atoms with Crippen molar-refractivity contribution in [3.8, 4) is 0 Å². The zero-order chi connectivity index (χ0) is 10.8. The summed E-state index contributed by atoms with van der Waals surface area (Å²) in [7, 11) is 2.04. The van der Waals surface area contributed by atoms with Crippen molar-refractivity contribution in [3.63, 3.8) is 0 Å². The molecular formula is C11H20N4. The number of nitrogens with zero attached hydrogens (tertiary/aromatic N) is 3. The number of aromatic nitrogens is 2. The van der Waals surface area contributed by atoms with Crippen LogP contribution in [0.3, 0.4) is 0 Å². The Morgan fingerprint density at radius 1 is 1.40 bits per heavy atom. The van der Waals surface area contributed by atoms with Crippen molar-refractivity contribution in [1.29, 1.82) is 0 Å². The molecule has 0 spiro atoms. The lowest BCUT2D eigenvalue weighted by Gasteiger charge is -2.29. The Bertz CT molecular complexity index is 343. The molecule has 15 heavy (non-hydrogen) atoms. The van der Waals surface area contributed by atoms with Crippen molar-refractivity contribution in [2.75, 3.05) is 29.9 Å². The zero-order valence-corrected chi connectivity index (χ0v) is 9.88. The SMILES string of the molecule is CCCc1nn(C)c2c1NCCN2CC. The molecule has 84 valence electrons. The number of likely N-dealkylation sites (N-methyl/N-ethyl adjacent to an activating group) is 1. The van der Waals surface area contributed by atoms with E-state index in [1.54, 1.807) is 0 Å². The first-order valence-electron chi connectivity index (χ1n) is 5.82. The lowest BCUT2D eigenvalue weighted by atomic mass is 10.2. The van der Waals surface area contributed by atoms with Crippen molar-refractivity contribution >= 4 is 11.5 Å². The summed E-state index contributed by atoms with van der Waals surface area (Å²) >= 11 is 0. The highest BCUT2D eigenvalue weighted by Gasteiger charge is 2.23. The Hall–Kier alpha value is -1.19. The summed E-state index contributed by atoms with van der Waals surface area (Å²) in [6.45, 7) is 7.56. The molecule has 0 radical (unpaired) electrons. The van der Waals surface area contributed by atoms with E-state index < -0.39 is 0 Å². The highest BCUT2D eigenvalue weighted by atomic mass is 15.4. The van der Waals surface area contributed by atoms with Crippen molar-refractivity contribution in [2.24, 2.45) is 7.05 Å². The third-order valence-corrected chi connectivity index (χ3v) is 2.94. The van der Waals surface area contributed by atoms with Crippen LogP contribution in [0.25, 0.3) is 0 Å². The van der Waals surface area contributed by atoms with Gasteiger partial charge in [0.05, 0.1) is 5.69 Å². The van der Waals surface area contributed by atoms with Crippen molar-refractivity contribution in [3.05, 3.63) is 5.69 Å². The van der Waals surface area contributed by atoms with E-state index in [0.717, 1.165) is 32.5 Å². The van der Waals surface area contributed by atoms with Crippen LogP contribution in [0.1, 0.15) is 26.0 Å². The monoisotopic (exact) mass is 208 g/mol. The quantitative estimate of drug-likeness (QED) is 0.819. The van der Waals surface area contributed by atoms with E-state index in [2.05, 4.69) is 29.2 Å². The molecule has 2 heterocycles. The molecule has 0 unspecified atom stereocenters. The number of hydrogen-bond donors (Lipinski definition) is 1. The molecule has 0 fully saturated rings. The van der Waals surface area contributed by atoms with Gasteiger partial charge in [0.15, 0.2) is 5.82 Å². The maximum Gasteiger partial charge on any atom is 0.150 e. The molecule has 1 aromatic heterocycles. The minimum Gasteiger partial charge on any atom is -0.379 e. The van der Waals surface area contributed by atoms with Crippen molar-refractivity contribution in [2.45, 2.75) is 26.7 Å². The highest BCUT2D eigenvalue weighted by Crippen LogP contribution is 2.32. The average Bonchev–Trinajstić information content (AvgIpc) is 2.57. The predicted octanol–water partition coefficient (Wildman–Crippen LogP) is 1.62. The molecule has 0 saturated carbocycles. The zero-order valence-electron chi connectivity index (χ0n) is 9.88. The van der Waals surface area contributed by atoms with Gasteiger partial charge in [-0.2, -0.15) is 5.10 Å². The first kappa shape index (κ1) is 10.3. The van der Waals surface area contributed by atoms with Gasteiger partial charge in [-0.15, -0.1) is 0 Å². The molecule has 0 amide bonds. The van der Waals surface area contributed by atoms with Gasteiger partial charge in [0.2, 0.25) is 0 Å². The normalized spacial score (nSPS) is 15.0. The minimum atomic E-state index is 1.03. The second-order valence-electron chi connectivity index (χ2n) is 4.03. The molecule has 0 aromatic carbocycles. The standard InChI is InChI=1S/C11H20N4/c1-4-6-9-10-11(14(3)13-9)15(5-2)8-7-12-10/h12H,4-8H2,1-3H3. The smallest absolute Gasteiger partial charge is 0.150 e. The molecular weight excluding hydrogens is 188 g/mol. The van der Waals surface area contributed by atoms with Crippen LogP contribution in [0.2, 0.25) is 0 Å². The van der Waals surface area contributed by atoms with Crippen LogP contribution in [-0.4, -0.2) is 29.4 Å². The van der Waals surface area contributed by atoms with E-state index in [0.29, 0.717) is 0 Å². The average molecular weight is 208 g/mol. The van der Waals surface area contributed by atoms with Gasteiger partial charge in [-0.1, -0.05) is 13.3 Å². The predicted molar refractivity (Wildman–Crippen MR) is 63.6 cm³/mol. The molecule has 1 aliphatic heterocycles. The fourth-order valence-corrected chi connectivity index (χ4v) is 2.25. The molecule has 0 saturated heterocycles. The number of nitrogens with one attached hydrogen (secondary N) is 1. The molecule has 1 aromatic rings. The van der Waals surface area contributed by atoms with Crippen LogP contribution in [0.15, 0.2) is 0 Å². The fourth-order valence-electron chi connectivity index (χ4n) is 2.25. The number of anilines is 2. The van der Waals surface area contributed by atoms with Gasteiger partial charge in [0, 0.05) is 26.7 Å². The van der Waals surface area contributed by atoms with E-state index in [9.17, 15) is 0 Å². The van der Waals surface area contributed by atoms with Crippen molar-refractivity contribution in [1.82, 2.24) is 9.78 Å². The van der Waals surface area contributed by atoms with E-state index in [1.807, 2.05) is 11.7 Å². The van der Waals surface area contributed by atoms with Crippen LogP contribution in [0, 0.1) is 0 Å². The maximum atomic E-state index is 4.59. The lowest BCUT2D eigenvalue weighted by molar-refractivity contribution is 0.697. The summed E-state index contributed by atoms with van der Waals surface area (Å²) in [6.07, 6.45) is 2.21. The van der Waals surface area contributed by atoms with Gasteiger partial charge in [0.1, 0.15) is 5.69 Å². The van der Waals surface area contributed by atoms with Gasteiger partial charge < -0.3 is 10.2 Å². The van der Waals surface area contributed by atoms with E-state index >= 15 is 0 Å². The Balaban J connectivity index is 2.39. The molecule has 2 rings (SSSR count). The largest absolute Gasteiger partial charge is 0.379 e. The Morgan fingerprint density at radius 3 is 2.87 bits per heavy atom. The van der Waals surface area contributed by atoms with Gasteiger partial charge in [-0.25, -0.2) is 0 Å². The van der Waals surface area contributed by atoms with Crippen molar-refractivity contribution < 1.29 is 0 Å². The first-order valence-corrected chi connectivity index (χ1v) is 5.82. The molecule has 0 atom stereocenters. The minimum absolute atomic E-state index is 1.03. The van der Waals surface area contributed by atoms with Crippen LogP contribution in [-0.2, 0) is 13.5 Å². The Kier molecular flexibility index (Phi) is 2.84. The second-order valence-corrected chi connectivity index (χ2v) is 4.03. The molecule has 4 nitrogen and oxygen atoms in total. The summed E-state index contributed by atoms with van der Waals surface area (Å²) in [5.74, 6) is 1.26. The van der Waals surface area contributed by atoms with Gasteiger partial charge in [0.25, 0.3) is 0 Å². The molecule has 0 bridgehead atoms. The van der Waals surface area contributed by atoms with Crippen LogP contribution in [0.5, 0.6) is 0 Å². The van der Waals surface area contributed by atoms with E-state index in [4.69, 9.17) is 0 Å². The second kappa shape index (κ2) is 4.13. The summed E-state index contributed by atoms with van der Waals surface area (Å²) in [5.41, 5.74) is 2.47. The lowest BCUT2D eigenvalue weighted by Crippen LogP contribution is -2.34. The van der Waals surface area contributed by atoms with Crippen LogP contribution < -0.4 is 10.2 Å². The molecule has 1 N–H and O–H groups in total. The number of aryl methyl sites for hydroxylation is 2. The molecule has 4 heteroatoms. The summed E-state index contributed by atoms with van der Waals surface area (Å²) in [4.78, 5) is 2.39. The van der Waals surface area contributed by atoms with Gasteiger partial charge >= 0.3 is 0 Å². The van der Waals surface area contributed by atoms with Gasteiger partial charge in [-0.05, 0) is 13.3 Å². The maximum absolute atomic E-state index is 4.59. The summed E-state index contributed by atoms with van der Waals surface area (Å²) in [5, 5.41) is 8.07. The summed E-state index contributed by atoms with van der Waals surface area (Å²) < 4.78 is 2.01.